The van der Waals surface area contributed by atoms with E-state index in [1.165, 1.54) is 186 Å². The van der Waals surface area contributed by atoms with Crippen LogP contribution in [0.5, 0.6) is 0 Å². The van der Waals surface area contributed by atoms with Crippen LogP contribution in [-0.2, 0) is 18.4 Å². The lowest BCUT2D eigenvalue weighted by atomic mass is 10.0. The summed E-state index contributed by atoms with van der Waals surface area (Å²) in [6.07, 6.45) is 52.5. The van der Waals surface area contributed by atoms with Gasteiger partial charge in [-0.05, 0) is 32.1 Å². The van der Waals surface area contributed by atoms with Crippen molar-refractivity contribution < 1.29 is 32.9 Å². The molecule has 0 aliphatic carbocycles. The summed E-state index contributed by atoms with van der Waals surface area (Å²) in [7, 11) is 1.25. The molecule has 8 nitrogen and oxygen atoms in total. The maximum atomic E-state index is 12.8. The van der Waals surface area contributed by atoms with Crippen LogP contribution in [0.4, 0.5) is 0 Å². The molecule has 0 aliphatic rings. The van der Waals surface area contributed by atoms with E-state index in [1.807, 2.05) is 27.2 Å². The van der Waals surface area contributed by atoms with Gasteiger partial charge >= 0.3 is 0 Å². The number of nitrogens with zero attached hydrogens (tertiary/aromatic N) is 1. The lowest BCUT2D eigenvalue weighted by Crippen LogP contribution is -2.45. The number of carbonyl (C=O) groups is 1. The van der Waals surface area contributed by atoms with Crippen LogP contribution in [0.2, 0.25) is 0 Å². The van der Waals surface area contributed by atoms with Gasteiger partial charge in [0.15, 0.2) is 0 Å². The van der Waals surface area contributed by atoms with Crippen molar-refractivity contribution >= 4 is 13.7 Å². The predicted octanol–water partition coefficient (Wildman–Crippen LogP) is 14.2. The van der Waals surface area contributed by atoms with Gasteiger partial charge in [0.2, 0.25) is 5.91 Å². The van der Waals surface area contributed by atoms with Gasteiger partial charge in [0.1, 0.15) is 13.2 Å². The maximum Gasteiger partial charge on any atom is 0.268 e. The Morgan fingerprint density at radius 1 is 0.567 bits per heavy atom. The normalized spacial score (nSPS) is 14.3. The van der Waals surface area contributed by atoms with E-state index in [0.717, 1.165) is 38.5 Å². The highest BCUT2D eigenvalue weighted by Gasteiger charge is 2.23. The number of nitrogens with one attached hydrogen (secondary N) is 1. The zero-order valence-electron chi connectivity index (χ0n) is 40.4. The predicted molar refractivity (Wildman–Crippen MR) is 256 cm³/mol. The van der Waals surface area contributed by atoms with Crippen LogP contribution in [0.3, 0.4) is 0 Å². The standard InChI is InChI=1S/C51H101N2O6P/c1-6-8-10-12-14-16-18-20-21-22-23-24-25-26-27-28-29-30-31-32-33-34-36-38-40-42-44-50(54)49(48-59-60(56,57)58-47-46-53(3,4)5)52-51(55)45-43-41-39-37-35-19-17-15-13-11-9-7-2/h34,36,42,44,49-50,54H,6-33,35,37-41,43,45-48H2,1-5H3,(H-,52,55,56,57)/b36-34+,44-42+. The summed E-state index contributed by atoms with van der Waals surface area (Å²) < 4.78 is 23.2. The topological polar surface area (TPSA) is 108 Å². The van der Waals surface area contributed by atoms with Gasteiger partial charge in [-0.3, -0.25) is 9.36 Å². The minimum Gasteiger partial charge on any atom is -0.756 e. The Hall–Kier alpha value is -1.02. The molecule has 60 heavy (non-hydrogen) atoms. The Kier molecular flexibility index (Phi) is 42.5. The largest absolute Gasteiger partial charge is 0.756 e. The number of allylic oxidation sites excluding steroid dienone is 3. The molecule has 0 aromatic heterocycles. The second-order valence-corrected chi connectivity index (χ2v) is 20.3. The number of likely N-dealkylation sites (N-methyl/N-ethyl adjacent to an activating group) is 1. The Labute approximate surface area is 373 Å². The highest BCUT2D eigenvalue weighted by atomic mass is 31.2. The summed E-state index contributed by atoms with van der Waals surface area (Å²) in [4.78, 5) is 25.3. The first-order valence-electron chi connectivity index (χ1n) is 25.7. The molecule has 2 N–H and O–H groups in total. The van der Waals surface area contributed by atoms with Crippen molar-refractivity contribution in [2.75, 3.05) is 40.9 Å². The molecule has 0 aromatic rings. The fourth-order valence-electron chi connectivity index (χ4n) is 7.58. The summed E-state index contributed by atoms with van der Waals surface area (Å²) in [6, 6.07) is -0.898. The molecule has 356 valence electrons. The first-order chi connectivity index (χ1) is 29.0. The number of rotatable bonds is 47. The van der Waals surface area contributed by atoms with Crippen molar-refractivity contribution in [1.82, 2.24) is 5.32 Å². The van der Waals surface area contributed by atoms with Crippen LogP contribution in [0.25, 0.3) is 0 Å². The second-order valence-electron chi connectivity index (χ2n) is 18.9. The fraction of sp³-hybridized carbons (Fsp3) is 0.902. The van der Waals surface area contributed by atoms with E-state index in [9.17, 15) is 19.4 Å². The summed E-state index contributed by atoms with van der Waals surface area (Å²) in [5.41, 5.74) is 0. The quantitative estimate of drug-likeness (QED) is 0.0273. The number of phosphoric acid groups is 1. The van der Waals surface area contributed by atoms with Gasteiger partial charge < -0.3 is 28.8 Å². The lowest BCUT2D eigenvalue weighted by Gasteiger charge is -2.29. The van der Waals surface area contributed by atoms with Gasteiger partial charge in [0.05, 0.1) is 39.9 Å². The first kappa shape index (κ1) is 59.0. The molecule has 3 unspecified atom stereocenters. The summed E-state index contributed by atoms with van der Waals surface area (Å²) >= 11 is 0. The zero-order valence-corrected chi connectivity index (χ0v) is 41.3. The molecule has 0 bridgehead atoms. The molecule has 0 saturated heterocycles. The van der Waals surface area contributed by atoms with E-state index in [-0.39, 0.29) is 19.1 Å². The molecule has 0 rings (SSSR count). The van der Waals surface area contributed by atoms with Crippen molar-refractivity contribution in [2.45, 2.75) is 257 Å². The third kappa shape index (κ3) is 45.0. The maximum absolute atomic E-state index is 12.8. The van der Waals surface area contributed by atoms with Crippen LogP contribution in [-0.4, -0.2) is 68.5 Å². The van der Waals surface area contributed by atoms with Crippen molar-refractivity contribution in [3.05, 3.63) is 24.3 Å². The molecule has 0 aromatic carbocycles. The van der Waals surface area contributed by atoms with Gasteiger partial charge in [-0.25, -0.2) is 0 Å². The number of amides is 1. The molecular weight excluding hydrogens is 768 g/mol. The van der Waals surface area contributed by atoms with Crippen molar-refractivity contribution in [3.8, 4) is 0 Å². The molecule has 0 aliphatic heterocycles. The first-order valence-corrected chi connectivity index (χ1v) is 27.2. The highest BCUT2D eigenvalue weighted by Crippen LogP contribution is 2.38. The Bertz CT molecular complexity index is 1030. The van der Waals surface area contributed by atoms with Crippen molar-refractivity contribution in [1.29, 1.82) is 0 Å². The average molecular weight is 869 g/mol. The molecule has 0 fully saturated rings. The minimum absolute atomic E-state index is 0.00414. The molecule has 0 radical (unpaired) electrons. The minimum atomic E-state index is -4.59. The average Bonchev–Trinajstić information content (AvgIpc) is 3.20. The summed E-state index contributed by atoms with van der Waals surface area (Å²) in [6.45, 7) is 4.64. The molecule has 9 heteroatoms. The van der Waals surface area contributed by atoms with E-state index in [0.29, 0.717) is 17.4 Å². The van der Waals surface area contributed by atoms with Gasteiger partial charge in [0, 0.05) is 6.42 Å². The van der Waals surface area contributed by atoms with Crippen LogP contribution >= 0.6 is 7.82 Å². The smallest absolute Gasteiger partial charge is 0.268 e. The third-order valence-electron chi connectivity index (χ3n) is 11.7. The fourth-order valence-corrected chi connectivity index (χ4v) is 8.30. The summed E-state index contributed by atoms with van der Waals surface area (Å²) in [5, 5.41) is 13.8. The van der Waals surface area contributed by atoms with E-state index >= 15 is 0 Å². The number of unbranched alkanes of at least 4 members (excludes halogenated alkanes) is 32. The van der Waals surface area contributed by atoms with Crippen molar-refractivity contribution in [3.63, 3.8) is 0 Å². The number of hydrogen-bond donors (Lipinski definition) is 2. The van der Waals surface area contributed by atoms with E-state index in [4.69, 9.17) is 9.05 Å². The number of aliphatic hydroxyl groups excluding tert-OH is 1. The van der Waals surface area contributed by atoms with E-state index < -0.39 is 20.0 Å². The van der Waals surface area contributed by atoms with E-state index in [2.05, 4.69) is 31.3 Å². The van der Waals surface area contributed by atoms with Crippen LogP contribution in [0, 0.1) is 0 Å². The molecule has 0 spiro atoms. The van der Waals surface area contributed by atoms with Crippen molar-refractivity contribution in [2.24, 2.45) is 0 Å². The van der Waals surface area contributed by atoms with Gasteiger partial charge in [-0.1, -0.05) is 231 Å². The number of quaternary nitrogens is 1. The van der Waals surface area contributed by atoms with Gasteiger partial charge in [-0.15, -0.1) is 0 Å². The van der Waals surface area contributed by atoms with E-state index in [1.54, 1.807) is 6.08 Å². The Balaban J connectivity index is 4.23. The monoisotopic (exact) mass is 869 g/mol. The molecule has 1 amide bonds. The SMILES string of the molecule is CCCCCCCCCCCCCCCCCCCCCC/C=C/CC/C=C/C(O)C(COP(=O)([O-])OCC[N+](C)(C)C)NC(=O)CCCCCCCCCCCCCC. The number of hydrogen-bond acceptors (Lipinski definition) is 6. The van der Waals surface area contributed by atoms with Gasteiger partial charge in [0.25, 0.3) is 7.82 Å². The Morgan fingerprint density at radius 3 is 1.35 bits per heavy atom. The second kappa shape index (κ2) is 43.2. The third-order valence-corrected chi connectivity index (χ3v) is 12.6. The molecular formula is C51H101N2O6P. The highest BCUT2D eigenvalue weighted by molar-refractivity contribution is 7.45. The molecule has 3 atom stereocenters. The Morgan fingerprint density at radius 2 is 0.933 bits per heavy atom. The number of phosphoric ester groups is 1. The zero-order chi connectivity index (χ0) is 44.3. The summed E-state index contributed by atoms with van der Waals surface area (Å²) in [5.74, 6) is -0.206. The van der Waals surface area contributed by atoms with Crippen LogP contribution in [0.15, 0.2) is 24.3 Å². The number of aliphatic hydroxyl groups is 1. The molecule has 0 heterocycles. The van der Waals surface area contributed by atoms with Gasteiger partial charge in [-0.2, -0.15) is 0 Å². The molecule has 0 saturated carbocycles. The number of carbonyl (C=O) groups excluding carboxylic acids is 1. The lowest BCUT2D eigenvalue weighted by molar-refractivity contribution is -0.870. The van der Waals surface area contributed by atoms with Crippen LogP contribution in [0.1, 0.15) is 245 Å². The van der Waals surface area contributed by atoms with Crippen LogP contribution < -0.4 is 10.2 Å².